The van der Waals surface area contributed by atoms with Crippen molar-refractivity contribution in [3.05, 3.63) is 134 Å². The molecular formula is C31H41F3O. The fourth-order valence-corrected chi connectivity index (χ4v) is 2.28. The van der Waals surface area contributed by atoms with Gasteiger partial charge in [-0.1, -0.05) is 84.9 Å². The fraction of sp³-hybridized carbons (Fsp3) is 0.290. The van der Waals surface area contributed by atoms with Crippen LogP contribution < -0.4 is 0 Å². The molecule has 1 unspecified atom stereocenters. The molecule has 0 bridgehead atoms. The molecule has 0 radical (unpaired) electrons. The molecule has 192 valence electrons. The highest BCUT2D eigenvalue weighted by molar-refractivity contribution is 5.53. The van der Waals surface area contributed by atoms with E-state index in [9.17, 15) is 13.2 Å². The first-order valence-corrected chi connectivity index (χ1v) is 11.4. The van der Waals surface area contributed by atoms with Crippen molar-refractivity contribution in [3.63, 3.8) is 0 Å². The first-order chi connectivity index (χ1) is 16.4. The van der Waals surface area contributed by atoms with Gasteiger partial charge >= 0.3 is 0 Å². The molecule has 1 atom stereocenters. The van der Waals surface area contributed by atoms with E-state index in [1.54, 1.807) is 0 Å². The Morgan fingerprint density at radius 2 is 1.37 bits per heavy atom. The monoisotopic (exact) mass is 486 g/mol. The van der Waals surface area contributed by atoms with Crippen molar-refractivity contribution in [2.75, 3.05) is 6.61 Å². The Balaban J connectivity index is 0. The van der Waals surface area contributed by atoms with Gasteiger partial charge in [-0.05, 0) is 54.1 Å². The quantitative estimate of drug-likeness (QED) is 0.127. The number of halogens is 3. The minimum absolute atomic E-state index is 0.109. The summed E-state index contributed by atoms with van der Waals surface area (Å²) in [5.74, 6) is -2.85. The maximum atomic E-state index is 14.6. The molecule has 0 aromatic rings. The molecule has 4 heteroatoms. The second-order valence-corrected chi connectivity index (χ2v) is 7.89. The summed E-state index contributed by atoms with van der Waals surface area (Å²) in [5.41, 5.74) is 1.56. The maximum Gasteiger partial charge on any atom is 0.200 e. The Labute approximate surface area is 211 Å². The van der Waals surface area contributed by atoms with E-state index in [0.717, 1.165) is 18.4 Å². The number of hydrogen-bond donors (Lipinski definition) is 0. The molecule has 0 saturated carbocycles. The third-order valence-corrected chi connectivity index (χ3v) is 5.06. The van der Waals surface area contributed by atoms with Crippen LogP contribution in [0.3, 0.4) is 0 Å². The third-order valence-electron chi connectivity index (χ3n) is 5.06. The zero-order valence-corrected chi connectivity index (χ0v) is 21.9. The average Bonchev–Trinajstić information content (AvgIpc) is 2.87. The lowest BCUT2D eigenvalue weighted by Crippen LogP contribution is -1.97. The van der Waals surface area contributed by atoms with Crippen LogP contribution in [0, 0.1) is 5.92 Å². The van der Waals surface area contributed by atoms with Crippen LogP contribution in [0.4, 0.5) is 13.2 Å². The van der Waals surface area contributed by atoms with E-state index in [-0.39, 0.29) is 23.3 Å². The van der Waals surface area contributed by atoms with Crippen LogP contribution in [0.15, 0.2) is 134 Å². The van der Waals surface area contributed by atoms with Crippen molar-refractivity contribution in [2.45, 2.75) is 47.0 Å². The number of hydrogen-bond acceptors (Lipinski definition) is 1. The lowest BCUT2D eigenvalue weighted by atomic mass is 9.99. The van der Waals surface area contributed by atoms with Crippen molar-refractivity contribution >= 4 is 0 Å². The normalized spacial score (nSPS) is 13.2. The molecule has 35 heavy (non-hydrogen) atoms. The van der Waals surface area contributed by atoms with Crippen LogP contribution in [0.25, 0.3) is 0 Å². The standard InChI is InChI=1S/C29H37F3O.C2H4/c1-11-17-33-26(10)29(32)28(31)25(9)22(6)16-15-20(4)23(7)18-27(30)24(8)21(5)14-13-19(3)12-2;1-2/h14-16,18-19H,4,6-13,17H2,1-3,5H3;1-2H2/b16-15-,21-14+,27-18+,29-28-;. The Hall–Kier alpha value is -3.27. The molecular weight excluding hydrogens is 445 g/mol. The van der Waals surface area contributed by atoms with E-state index < -0.39 is 23.2 Å². The number of rotatable bonds is 15. The molecule has 0 heterocycles. The van der Waals surface area contributed by atoms with E-state index in [2.05, 4.69) is 66.5 Å². The highest BCUT2D eigenvalue weighted by Crippen LogP contribution is 2.28. The Morgan fingerprint density at radius 3 is 1.89 bits per heavy atom. The SMILES string of the molecule is C=C.C=C(/C=C\C(=C)C(=C)/C(F)=C(/F)C(=C)OCCC)C(=C)/C=C(/F)C(=C)/C(C)=C/CC(C)CC. The zero-order chi connectivity index (χ0) is 27.7. The minimum atomic E-state index is -1.23. The molecule has 0 aliphatic carbocycles. The van der Waals surface area contributed by atoms with E-state index in [1.165, 1.54) is 18.2 Å². The van der Waals surface area contributed by atoms with Crippen molar-refractivity contribution in [2.24, 2.45) is 5.92 Å². The van der Waals surface area contributed by atoms with E-state index in [0.29, 0.717) is 23.5 Å². The molecule has 0 saturated heterocycles. The van der Waals surface area contributed by atoms with Gasteiger partial charge in [0.05, 0.1) is 6.61 Å². The van der Waals surface area contributed by atoms with Gasteiger partial charge in [-0.25, -0.2) is 8.78 Å². The fourth-order valence-electron chi connectivity index (χ4n) is 2.28. The summed E-state index contributed by atoms with van der Waals surface area (Å²) < 4.78 is 48.0. The van der Waals surface area contributed by atoms with Crippen LogP contribution in [0.2, 0.25) is 0 Å². The van der Waals surface area contributed by atoms with Gasteiger partial charge in [-0.2, -0.15) is 4.39 Å². The lowest BCUT2D eigenvalue weighted by Gasteiger charge is -2.09. The highest BCUT2D eigenvalue weighted by Gasteiger charge is 2.15. The summed E-state index contributed by atoms with van der Waals surface area (Å²) in [7, 11) is 0. The van der Waals surface area contributed by atoms with Gasteiger partial charge < -0.3 is 4.74 Å². The topological polar surface area (TPSA) is 9.23 Å². The van der Waals surface area contributed by atoms with Crippen molar-refractivity contribution in [1.82, 2.24) is 0 Å². The van der Waals surface area contributed by atoms with Gasteiger partial charge in [0.2, 0.25) is 5.83 Å². The molecule has 0 amide bonds. The highest BCUT2D eigenvalue weighted by atomic mass is 19.2. The van der Waals surface area contributed by atoms with Gasteiger partial charge in [-0.15, -0.1) is 13.2 Å². The van der Waals surface area contributed by atoms with Gasteiger partial charge in [0.1, 0.15) is 5.83 Å². The summed E-state index contributed by atoms with van der Waals surface area (Å²) in [6.07, 6.45) is 8.61. The molecule has 1 nitrogen and oxygen atoms in total. The van der Waals surface area contributed by atoms with Crippen molar-refractivity contribution in [3.8, 4) is 0 Å². The maximum absolute atomic E-state index is 14.6. The zero-order valence-electron chi connectivity index (χ0n) is 21.9. The van der Waals surface area contributed by atoms with Gasteiger partial charge in [0.25, 0.3) is 0 Å². The molecule has 0 fully saturated rings. The van der Waals surface area contributed by atoms with Crippen molar-refractivity contribution in [1.29, 1.82) is 0 Å². The van der Waals surface area contributed by atoms with Gasteiger partial charge in [-0.3, -0.25) is 0 Å². The van der Waals surface area contributed by atoms with E-state index in [4.69, 9.17) is 4.74 Å². The molecule has 0 aromatic carbocycles. The Bertz CT molecular complexity index is 938. The summed E-state index contributed by atoms with van der Waals surface area (Å²) >= 11 is 0. The Kier molecular flexibility index (Phi) is 17.5. The summed E-state index contributed by atoms with van der Waals surface area (Å²) in [4.78, 5) is 0. The van der Waals surface area contributed by atoms with Crippen LogP contribution in [0.5, 0.6) is 0 Å². The second-order valence-electron chi connectivity index (χ2n) is 7.89. The lowest BCUT2D eigenvalue weighted by molar-refractivity contribution is 0.208. The predicted molar refractivity (Wildman–Crippen MR) is 148 cm³/mol. The first-order valence-electron chi connectivity index (χ1n) is 11.4. The molecule has 0 N–H and O–H groups in total. The van der Waals surface area contributed by atoms with Crippen LogP contribution in [-0.2, 0) is 4.74 Å². The van der Waals surface area contributed by atoms with Crippen LogP contribution in [0.1, 0.15) is 47.0 Å². The average molecular weight is 487 g/mol. The number of ether oxygens (including phenoxy) is 1. The summed E-state index contributed by atoms with van der Waals surface area (Å²) in [6, 6.07) is 0. The molecule has 0 rings (SSSR count). The molecule has 0 aliphatic heterocycles. The van der Waals surface area contributed by atoms with Crippen molar-refractivity contribution < 1.29 is 17.9 Å². The minimum Gasteiger partial charge on any atom is -0.491 e. The largest absolute Gasteiger partial charge is 0.491 e. The molecule has 0 aromatic heterocycles. The van der Waals surface area contributed by atoms with Crippen LogP contribution >= 0.6 is 0 Å². The molecule has 0 aliphatic rings. The van der Waals surface area contributed by atoms with Gasteiger partial charge in [0, 0.05) is 11.1 Å². The van der Waals surface area contributed by atoms with E-state index in [1.807, 2.05) is 19.9 Å². The summed E-state index contributed by atoms with van der Waals surface area (Å²) in [5, 5.41) is 0. The number of allylic oxidation sites excluding steroid dienone is 13. The van der Waals surface area contributed by atoms with E-state index >= 15 is 0 Å². The van der Waals surface area contributed by atoms with Gasteiger partial charge in [0.15, 0.2) is 11.6 Å². The predicted octanol–water partition coefficient (Wildman–Crippen LogP) is 10.5. The Morgan fingerprint density at radius 1 is 0.829 bits per heavy atom. The smallest absolute Gasteiger partial charge is 0.200 e. The summed E-state index contributed by atoms with van der Waals surface area (Å²) in [6.45, 7) is 36.1. The first kappa shape index (κ1) is 33.9. The second kappa shape index (κ2) is 18.1. The molecule has 0 spiro atoms. The third kappa shape index (κ3) is 12.7. The van der Waals surface area contributed by atoms with Crippen LogP contribution in [-0.4, -0.2) is 6.61 Å².